The second-order valence-corrected chi connectivity index (χ2v) is 7.85. The number of carbonyl (C=O) groups is 1. The molecule has 3 aromatic rings. The molecule has 1 N–H and O–H groups in total. The smallest absolute Gasteiger partial charge is 0.285 e. The molecule has 8 heteroatoms. The first-order valence-electron chi connectivity index (χ1n) is 9.77. The van der Waals surface area contributed by atoms with E-state index < -0.39 is 5.56 Å². The van der Waals surface area contributed by atoms with E-state index in [9.17, 15) is 14.9 Å². The first-order valence-corrected chi connectivity index (χ1v) is 10.7. The highest BCUT2D eigenvalue weighted by atomic mass is 32.1. The fourth-order valence-electron chi connectivity index (χ4n) is 3.18. The highest BCUT2D eigenvalue weighted by Gasteiger charge is 2.16. The number of anilines is 1. The summed E-state index contributed by atoms with van der Waals surface area (Å²) in [7, 11) is 0. The molecule has 30 heavy (non-hydrogen) atoms. The maximum absolute atomic E-state index is 12.7. The predicted molar refractivity (Wildman–Crippen MR) is 117 cm³/mol. The number of aryl methyl sites for hydroxylation is 2. The second kappa shape index (κ2) is 9.46. The van der Waals surface area contributed by atoms with Crippen molar-refractivity contribution in [3.8, 4) is 6.07 Å². The van der Waals surface area contributed by atoms with Crippen LogP contribution in [-0.2, 0) is 30.6 Å². The van der Waals surface area contributed by atoms with Crippen molar-refractivity contribution >= 4 is 22.9 Å². The summed E-state index contributed by atoms with van der Waals surface area (Å²) in [5, 5.41) is 19.2. The Morgan fingerprint density at radius 1 is 1.23 bits per heavy atom. The van der Waals surface area contributed by atoms with Crippen LogP contribution in [0.4, 0.5) is 5.69 Å². The molecular weight excluding hydrogens is 398 g/mol. The fourth-order valence-corrected chi connectivity index (χ4v) is 3.96. The number of benzene rings is 1. The van der Waals surface area contributed by atoms with E-state index in [1.54, 1.807) is 0 Å². The zero-order valence-corrected chi connectivity index (χ0v) is 18.0. The van der Waals surface area contributed by atoms with Gasteiger partial charge in [0.05, 0.1) is 24.4 Å². The SMILES string of the molecule is CCc1nn(Cc2csc(CC(=O)Nc3ccc(C)cc3)n2)c(=O)c(C#N)c1CC. The van der Waals surface area contributed by atoms with Gasteiger partial charge in [0.25, 0.3) is 5.56 Å². The lowest BCUT2D eigenvalue weighted by molar-refractivity contribution is -0.115. The second-order valence-electron chi connectivity index (χ2n) is 6.91. The first-order chi connectivity index (χ1) is 14.4. The maximum atomic E-state index is 12.7. The number of hydrogen-bond acceptors (Lipinski definition) is 6. The number of thiazole rings is 1. The molecule has 1 amide bonds. The van der Waals surface area contributed by atoms with Crippen molar-refractivity contribution in [3.05, 3.63) is 73.1 Å². The van der Waals surface area contributed by atoms with Gasteiger partial charge in [-0.1, -0.05) is 31.5 Å². The van der Waals surface area contributed by atoms with Crippen LogP contribution in [0.5, 0.6) is 0 Å². The standard InChI is InChI=1S/C22H23N5O2S/c1-4-17-18(11-23)22(29)27(26-19(17)5-2)12-16-13-30-21(25-16)10-20(28)24-15-8-6-14(3)7-9-15/h6-9,13H,4-5,10,12H2,1-3H3,(H,24,28). The van der Waals surface area contributed by atoms with Gasteiger partial charge in [-0.2, -0.15) is 10.4 Å². The lowest BCUT2D eigenvalue weighted by Crippen LogP contribution is -2.29. The molecule has 0 radical (unpaired) electrons. The monoisotopic (exact) mass is 421 g/mol. The van der Waals surface area contributed by atoms with Gasteiger partial charge in [0.1, 0.15) is 16.6 Å². The van der Waals surface area contributed by atoms with Gasteiger partial charge in [-0.05, 0) is 37.5 Å². The van der Waals surface area contributed by atoms with Gasteiger partial charge in [0.2, 0.25) is 5.91 Å². The predicted octanol–water partition coefficient (Wildman–Crippen LogP) is 3.23. The van der Waals surface area contributed by atoms with Gasteiger partial charge >= 0.3 is 0 Å². The molecule has 0 fully saturated rings. The van der Waals surface area contributed by atoms with Gasteiger partial charge in [-0.25, -0.2) is 9.67 Å². The molecule has 0 aliphatic carbocycles. The number of hydrogen-bond donors (Lipinski definition) is 1. The van der Waals surface area contributed by atoms with E-state index in [1.165, 1.54) is 16.0 Å². The van der Waals surface area contributed by atoms with Crippen molar-refractivity contribution in [2.24, 2.45) is 0 Å². The average Bonchev–Trinajstić information content (AvgIpc) is 3.17. The molecule has 0 saturated heterocycles. The lowest BCUT2D eigenvalue weighted by Gasteiger charge is -2.11. The van der Waals surface area contributed by atoms with Crippen molar-refractivity contribution in [2.75, 3.05) is 5.32 Å². The summed E-state index contributed by atoms with van der Waals surface area (Å²) < 4.78 is 1.29. The summed E-state index contributed by atoms with van der Waals surface area (Å²) in [6.45, 7) is 6.02. The Labute approximate surface area is 179 Å². The van der Waals surface area contributed by atoms with Crippen LogP contribution in [0.15, 0.2) is 34.4 Å². The Bertz CT molecular complexity index is 1160. The summed E-state index contributed by atoms with van der Waals surface area (Å²) in [5.41, 5.74) is 3.72. The van der Waals surface area contributed by atoms with E-state index in [0.717, 1.165) is 16.9 Å². The minimum atomic E-state index is -0.404. The quantitative estimate of drug-likeness (QED) is 0.631. The van der Waals surface area contributed by atoms with Crippen LogP contribution >= 0.6 is 11.3 Å². The molecule has 0 aliphatic heterocycles. The van der Waals surface area contributed by atoms with E-state index in [0.29, 0.717) is 29.1 Å². The van der Waals surface area contributed by atoms with Crippen LogP contribution in [-0.4, -0.2) is 20.7 Å². The molecule has 0 spiro atoms. The van der Waals surface area contributed by atoms with Gasteiger partial charge < -0.3 is 5.32 Å². The van der Waals surface area contributed by atoms with Crippen LogP contribution < -0.4 is 10.9 Å². The Morgan fingerprint density at radius 3 is 2.60 bits per heavy atom. The fraction of sp³-hybridized carbons (Fsp3) is 0.318. The largest absolute Gasteiger partial charge is 0.326 e. The summed E-state index contributed by atoms with van der Waals surface area (Å²) in [4.78, 5) is 29.4. The third kappa shape index (κ3) is 4.81. The zero-order chi connectivity index (χ0) is 21.7. The zero-order valence-electron chi connectivity index (χ0n) is 17.2. The third-order valence-electron chi connectivity index (χ3n) is 4.70. The molecule has 7 nitrogen and oxygen atoms in total. The van der Waals surface area contributed by atoms with Crippen LogP contribution in [0, 0.1) is 18.3 Å². The van der Waals surface area contributed by atoms with Gasteiger partial charge in [-0.15, -0.1) is 11.3 Å². The molecule has 1 aromatic carbocycles. The van der Waals surface area contributed by atoms with E-state index in [2.05, 4.69) is 15.4 Å². The highest BCUT2D eigenvalue weighted by Crippen LogP contribution is 2.15. The van der Waals surface area contributed by atoms with Crippen LogP contribution in [0.25, 0.3) is 0 Å². The van der Waals surface area contributed by atoms with E-state index in [1.807, 2.05) is 56.5 Å². The van der Waals surface area contributed by atoms with Crippen molar-refractivity contribution < 1.29 is 4.79 Å². The van der Waals surface area contributed by atoms with Gasteiger partial charge in [-0.3, -0.25) is 9.59 Å². The molecule has 0 atom stereocenters. The molecule has 154 valence electrons. The number of rotatable bonds is 7. The Kier molecular flexibility index (Phi) is 6.75. The summed E-state index contributed by atoms with van der Waals surface area (Å²) in [6.07, 6.45) is 1.38. The molecule has 0 aliphatic rings. The molecule has 0 saturated carbocycles. The summed E-state index contributed by atoms with van der Waals surface area (Å²) in [6, 6.07) is 9.62. The number of amides is 1. The van der Waals surface area contributed by atoms with Gasteiger partial charge in [0, 0.05) is 11.1 Å². The summed E-state index contributed by atoms with van der Waals surface area (Å²) >= 11 is 1.36. The first kappa shape index (κ1) is 21.4. The normalized spacial score (nSPS) is 10.6. The minimum Gasteiger partial charge on any atom is -0.326 e. The molecule has 3 rings (SSSR count). The van der Waals surface area contributed by atoms with Crippen molar-refractivity contribution in [1.82, 2.24) is 14.8 Å². The number of nitriles is 1. The minimum absolute atomic E-state index is 0.150. The van der Waals surface area contributed by atoms with Crippen LogP contribution in [0.2, 0.25) is 0 Å². The number of nitrogens with one attached hydrogen (secondary N) is 1. The number of aromatic nitrogens is 3. The number of nitrogens with zero attached hydrogens (tertiary/aromatic N) is 4. The molecule has 0 unspecified atom stereocenters. The van der Waals surface area contributed by atoms with Crippen LogP contribution in [0.3, 0.4) is 0 Å². The van der Waals surface area contributed by atoms with E-state index >= 15 is 0 Å². The molecule has 2 heterocycles. The lowest BCUT2D eigenvalue weighted by atomic mass is 10.0. The van der Waals surface area contributed by atoms with Crippen molar-refractivity contribution in [1.29, 1.82) is 5.26 Å². The van der Waals surface area contributed by atoms with E-state index in [-0.39, 0.29) is 24.4 Å². The Morgan fingerprint density at radius 2 is 1.97 bits per heavy atom. The maximum Gasteiger partial charge on any atom is 0.285 e. The molecule has 0 bridgehead atoms. The average molecular weight is 422 g/mol. The topological polar surface area (TPSA) is 101 Å². The Hall–Kier alpha value is -3.31. The van der Waals surface area contributed by atoms with E-state index in [4.69, 9.17) is 0 Å². The third-order valence-corrected chi connectivity index (χ3v) is 5.60. The van der Waals surface area contributed by atoms with Crippen molar-refractivity contribution in [3.63, 3.8) is 0 Å². The Balaban J connectivity index is 1.74. The highest BCUT2D eigenvalue weighted by molar-refractivity contribution is 7.09. The van der Waals surface area contributed by atoms with Crippen molar-refractivity contribution in [2.45, 2.75) is 46.6 Å². The molecular formula is C22H23N5O2S. The van der Waals surface area contributed by atoms with Crippen LogP contribution in [0.1, 0.15) is 46.9 Å². The number of carbonyl (C=O) groups excluding carboxylic acids is 1. The summed E-state index contributed by atoms with van der Waals surface area (Å²) in [5.74, 6) is -0.151. The van der Waals surface area contributed by atoms with Gasteiger partial charge in [0.15, 0.2) is 0 Å². The molecule has 2 aromatic heterocycles.